The molecule has 1 heterocycles. The van der Waals surface area contributed by atoms with Gasteiger partial charge >= 0.3 is 0 Å². The van der Waals surface area contributed by atoms with Crippen molar-refractivity contribution in [2.45, 2.75) is 0 Å². The van der Waals surface area contributed by atoms with E-state index in [9.17, 15) is 4.79 Å². The van der Waals surface area contributed by atoms with E-state index in [4.69, 9.17) is 21.1 Å². The number of hydrogen-bond donors (Lipinski definition) is 0. The smallest absolute Gasteiger partial charge is 0.243 e. The largest absolute Gasteiger partial charge is 0.496 e. The number of carbonyl (C=O) groups excluding carboxylic acids is 1. The number of rotatable bonds is 4. The van der Waals surface area contributed by atoms with Crippen molar-refractivity contribution >= 4 is 17.4 Å². The molecule has 0 saturated carbocycles. The van der Waals surface area contributed by atoms with Crippen LogP contribution in [0.25, 0.3) is 0 Å². The zero-order valence-corrected chi connectivity index (χ0v) is 11.1. The zero-order chi connectivity index (χ0) is 13.8. The molecule has 0 fully saturated rings. The van der Waals surface area contributed by atoms with Crippen molar-refractivity contribution in [1.82, 2.24) is 9.97 Å². The molecule has 2 aromatic rings. The molecule has 0 radical (unpaired) electrons. The summed E-state index contributed by atoms with van der Waals surface area (Å²) in [6, 6.07) is 4.76. The van der Waals surface area contributed by atoms with Crippen LogP contribution in [-0.2, 0) is 0 Å². The summed E-state index contributed by atoms with van der Waals surface area (Å²) in [4.78, 5) is 20.4. The number of halogens is 1. The van der Waals surface area contributed by atoms with Gasteiger partial charge in [-0.3, -0.25) is 4.79 Å². The summed E-state index contributed by atoms with van der Waals surface area (Å²) in [5.41, 5.74) is 0.483. The van der Waals surface area contributed by atoms with Gasteiger partial charge in [0.25, 0.3) is 0 Å². The average molecular weight is 279 g/mol. The van der Waals surface area contributed by atoms with Gasteiger partial charge in [0.2, 0.25) is 11.7 Å². The molecule has 0 atom stereocenters. The van der Waals surface area contributed by atoms with Crippen molar-refractivity contribution < 1.29 is 14.3 Å². The molecule has 0 saturated heterocycles. The van der Waals surface area contributed by atoms with Gasteiger partial charge in [-0.25, -0.2) is 9.97 Å². The number of hydrogen-bond acceptors (Lipinski definition) is 5. The maximum atomic E-state index is 12.4. The van der Waals surface area contributed by atoms with E-state index in [0.717, 1.165) is 0 Å². The van der Waals surface area contributed by atoms with Gasteiger partial charge in [-0.1, -0.05) is 11.6 Å². The van der Waals surface area contributed by atoms with Crippen LogP contribution in [0, 0.1) is 0 Å². The number of aromatic nitrogens is 2. The fraction of sp³-hybridized carbons (Fsp3) is 0.154. The monoisotopic (exact) mass is 278 g/mol. The maximum Gasteiger partial charge on any atom is 0.243 e. The first-order chi connectivity index (χ1) is 9.17. The maximum absolute atomic E-state index is 12.4. The van der Waals surface area contributed by atoms with Crippen LogP contribution >= 0.6 is 11.6 Å². The third-order valence-corrected chi connectivity index (χ3v) is 2.72. The van der Waals surface area contributed by atoms with E-state index in [0.29, 0.717) is 16.3 Å². The molecular formula is C13H11ClN2O3. The average Bonchev–Trinajstić information content (AvgIpc) is 2.46. The molecule has 2 rings (SSSR count). The van der Waals surface area contributed by atoms with Crippen molar-refractivity contribution in [2.75, 3.05) is 14.2 Å². The zero-order valence-electron chi connectivity index (χ0n) is 10.4. The first-order valence-electron chi connectivity index (χ1n) is 5.40. The molecule has 0 aliphatic rings. The fourth-order valence-corrected chi connectivity index (χ4v) is 1.77. The van der Waals surface area contributed by atoms with Gasteiger partial charge in [0.1, 0.15) is 5.75 Å². The van der Waals surface area contributed by atoms with Crippen molar-refractivity contribution in [1.29, 1.82) is 0 Å². The molecule has 0 bridgehead atoms. The molecule has 0 amide bonds. The highest BCUT2D eigenvalue weighted by molar-refractivity contribution is 6.31. The van der Waals surface area contributed by atoms with Crippen LogP contribution in [0.4, 0.5) is 0 Å². The van der Waals surface area contributed by atoms with Gasteiger partial charge in [0.15, 0.2) is 5.69 Å². The Morgan fingerprint density at radius 1 is 1.16 bits per heavy atom. The third kappa shape index (κ3) is 2.66. The number of nitrogens with zero attached hydrogens (tertiary/aromatic N) is 2. The number of ether oxygens (including phenoxy) is 2. The quantitative estimate of drug-likeness (QED) is 0.804. The van der Waals surface area contributed by atoms with Crippen molar-refractivity contribution in [3.63, 3.8) is 0 Å². The predicted molar refractivity (Wildman–Crippen MR) is 70.0 cm³/mol. The van der Waals surface area contributed by atoms with Crippen LogP contribution in [0.5, 0.6) is 11.6 Å². The summed E-state index contributed by atoms with van der Waals surface area (Å²) < 4.78 is 10.2. The minimum absolute atomic E-state index is 0.130. The minimum atomic E-state index is -0.335. The van der Waals surface area contributed by atoms with Crippen LogP contribution in [0.1, 0.15) is 16.1 Å². The summed E-state index contributed by atoms with van der Waals surface area (Å²) in [6.07, 6.45) is 2.88. The molecule has 0 spiro atoms. The minimum Gasteiger partial charge on any atom is -0.496 e. The molecule has 1 aromatic carbocycles. The van der Waals surface area contributed by atoms with E-state index >= 15 is 0 Å². The molecule has 1 aromatic heterocycles. The summed E-state index contributed by atoms with van der Waals surface area (Å²) in [7, 11) is 2.90. The fourth-order valence-electron chi connectivity index (χ4n) is 1.61. The lowest BCUT2D eigenvalue weighted by atomic mass is 10.1. The molecule has 0 aliphatic carbocycles. The molecule has 5 nitrogen and oxygen atoms in total. The Morgan fingerprint density at radius 3 is 2.58 bits per heavy atom. The first kappa shape index (κ1) is 13.3. The lowest BCUT2D eigenvalue weighted by molar-refractivity contribution is 0.102. The standard InChI is InChI=1S/C13H11ClN2O3/c1-18-10-7-8(14)3-4-9(10)12(17)11-13(19-2)16-6-5-15-11/h3-7H,1-2H3. The highest BCUT2D eigenvalue weighted by Crippen LogP contribution is 2.26. The van der Waals surface area contributed by atoms with Crippen molar-refractivity contribution in [3.8, 4) is 11.6 Å². The second-order valence-electron chi connectivity index (χ2n) is 3.59. The number of benzene rings is 1. The van der Waals surface area contributed by atoms with Gasteiger partial charge in [-0.05, 0) is 18.2 Å². The Labute approximate surface area is 115 Å². The number of methoxy groups -OCH3 is 2. The van der Waals surface area contributed by atoms with Crippen LogP contribution in [0.3, 0.4) is 0 Å². The normalized spacial score (nSPS) is 10.1. The summed E-state index contributed by atoms with van der Waals surface area (Å²) in [5, 5.41) is 0.486. The summed E-state index contributed by atoms with van der Waals surface area (Å²) in [5.74, 6) is 0.216. The molecule has 0 aliphatic heterocycles. The van der Waals surface area contributed by atoms with Crippen LogP contribution in [0.15, 0.2) is 30.6 Å². The SMILES string of the molecule is COc1cc(Cl)ccc1C(=O)c1nccnc1OC. The lowest BCUT2D eigenvalue weighted by Gasteiger charge is -2.09. The predicted octanol–water partition coefficient (Wildman–Crippen LogP) is 2.38. The van der Waals surface area contributed by atoms with Crippen LogP contribution < -0.4 is 9.47 Å². The van der Waals surface area contributed by atoms with E-state index in [1.165, 1.54) is 26.6 Å². The Balaban J connectivity index is 2.50. The molecule has 19 heavy (non-hydrogen) atoms. The summed E-state index contributed by atoms with van der Waals surface area (Å²) in [6.45, 7) is 0. The number of carbonyl (C=O) groups is 1. The van der Waals surface area contributed by atoms with Gasteiger partial charge in [-0.15, -0.1) is 0 Å². The lowest BCUT2D eigenvalue weighted by Crippen LogP contribution is -2.09. The Morgan fingerprint density at radius 2 is 1.89 bits per heavy atom. The summed E-state index contributed by atoms with van der Waals surface area (Å²) >= 11 is 5.86. The molecule has 6 heteroatoms. The van der Waals surface area contributed by atoms with E-state index in [2.05, 4.69) is 9.97 Å². The second kappa shape index (κ2) is 5.67. The highest BCUT2D eigenvalue weighted by atomic mass is 35.5. The topological polar surface area (TPSA) is 61.3 Å². The van der Waals surface area contributed by atoms with Crippen molar-refractivity contribution in [3.05, 3.63) is 46.9 Å². The van der Waals surface area contributed by atoms with Crippen molar-refractivity contribution in [2.24, 2.45) is 0 Å². The molecule has 98 valence electrons. The Kier molecular flexibility index (Phi) is 3.97. The number of ketones is 1. The highest BCUT2D eigenvalue weighted by Gasteiger charge is 2.20. The van der Waals surface area contributed by atoms with Gasteiger partial charge < -0.3 is 9.47 Å². The van der Waals surface area contributed by atoms with Crippen LogP contribution in [0.2, 0.25) is 5.02 Å². The molecule has 0 unspecified atom stereocenters. The third-order valence-electron chi connectivity index (χ3n) is 2.48. The second-order valence-corrected chi connectivity index (χ2v) is 4.02. The van der Waals surface area contributed by atoms with Gasteiger partial charge in [-0.2, -0.15) is 0 Å². The van der Waals surface area contributed by atoms with E-state index in [1.807, 2.05) is 0 Å². The first-order valence-corrected chi connectivity index (χ1v) is 5.78. The Bertz CT molecular complexity index is 617. The Hall–Kier alpha value is -2.14. The molecular weight excluding hydrogens is 268 g/mol. The van der Waals surface area contributed by atoms with E-state index in [1.54, 1.807) is 18.2 Å². The van der Waals surface area contributed by atoms with Gasteiger partial charge in [0, 0.05) is 17.4 Å². The molecule has 0 N–H and O–H groups in total. The van der Waals surface area contributed by atoms with Gasteiger partial charge in [0.05, 0.1) is 19.8 Å². The van der Waals surface area contributed by atoms with E-state index in [-0.39, 0.29) is 17.4 Å². The van der Waals surface area contributed by atoms with E-state index < -0.39 is 0 Å². The van der Waals surface area contributed by atoms with Crippen LogP contribution in [-0.4, -0.2) is 30.0 Å².